The number of thioether (sulfide) groups is 1. The number of hydrogen-bond acceptors (Lipinski definition) is 5. The Morgan fingerprint density at radius 1 is 0.761 bits per heavy atom. The number of hydrogen-bond donors (Lipinski definition) is 2. The number of carbonyl (C=O) groups excluding carboxylic acids is 3. The average Bonchev–Trinajstić information content (AvgIpc) is 3.08. The molecule has 1 heterocycles. The molecule has 0 saturated carbocycles. The Balaban J connectivity index is 1.17. The van der Waals surface area contributed by atoms with E-state index in [9.17, 15) is 14.4 Å². The maximum atomic E-state index is 13.9. The highest BCUT2D eigenvalue weighted by Gasteiger charge is 2.31. The van der Waals surface area contributed by atoms with Crippen molar-refractivity contribution in [2.45, 2.75) is 26.9 Å². The van der Waals surface area contributed by atoms with Gasteiger partial charge in [-0.15, -0.1) is 11.8 Å². The first-order chi connectivity index (χ1) is 22.4. The molecule has 0 fully saturated rings. The maximum Gasteiger partial charge on any atom is 0.272 e. The Bertz CT molecular complexity index is 1900. The molecule has 0 bridgehead atoms. The van der Waals surface area contributed by atoms with Gasteiger partial charge in [-0.1, -0.05) is 84.0 Å². The van der Waals surface area contributed by atoms with Gasteiger partial charge in [-0.3, -0.25) is 19.3 Å². The van der Waals surface area contributed by atoms with E-state index < -0.39 is 11.8 Å². The van der Waals surface area contributed by atoms with Crippen molar-refractivity contribution in [2.75, 3.05) is 10.2 Å². The highest BCUT2D eigenvalue weighted by Crippen LogP contribution is 2.48. The van der Waals surface area contributed by atoms with Crippen molar-refractivity contribution in [1.29, 1.82) is 0 Å². The molecule has 5 aromatic rings. The van der Waals surface area contributed by atoms with Gasteiger partial charge in [-0.2, -0.15) is 0 Å². The molecular formula is C37H28ClN3O3S2. The van der Waals surface area contributed by atoms with Crippen LogP contribution in [-0.2, 0) is 9.59 Å². The third-order valence-corrected chi connectivity index (χ3v) is 9.73. The molecule has 1 atom stereocenters. The fraction of sp³-hybridized carbons (Fsp3) is 0.0541. The van der Waals surface area contributed by atoms with Crippen molar-refractivity contribution < 1.29 is 14.4 Å². The first-order valence-electron chi connectivity index (χ1n) is 14.5. The van der Waals surface area contributed by atoms with E-state index in [2.05, 4.69) is 10.6 Å². The molecule has 9 heteroatoms. The van der Waals surface area contributed by atoms with E-state index in [1.807, 2.05) is 78.6 Å². The highest BCUT2D eigenvalue weighted by atomic mass is 35.5. The predicted octanol–water partition coefficient (Wildman–Crippen LogP) is 9.06. The normalized spacial score (nSPS) is 12.8. The lowest BCUT2D eigenvalue weighted by Crippen LogP contribution is -2.34. The molecule has 1 unspecified atom stereocenters. The number of halogens is 1. The monoisotopic (exact) mass is 661 g/mol. The standard InChI is InChI=1S/C37H28ClN3O3S2/c1-24(37(44)41-31-15-7-9-17-33(31)46-34-18-10-8-16-32(34)41)45-28-21-19-27(20-22-28)39-36(43)30(23-26-13-5-6-14-29(26)38)40-35(42)25-11-3-2-4-12-25/h2-24H,1H3,(H,39,43)(H,40,42)/b30-23-. The molecule has 0 radical (unpaired) electrons. The van der Waals surface area contributed by atoms with Crippen LogP contribution in [0.25, 0.3) is 6.08 Å². The molecule has 0 saturated heterocycles. The molecule has 0 aliphatic carbocycles. The summed E-state index contributed by atoms with van der Waals surface area (Å²) in [7, 11) is 0. The highest BCUT2D eigenvalue weighted by molar-refractivity contribution is 8.00. The zero-order valence-electron chi connectivity index (χ0n) is 24.6. The molecule has 6 nitrogen and oxygen atoms in total. The third kappa shape index (κ3) is 7.05. The molecule has 1 aliphatic rings. The van der Waals surface area contributed by atoms with Gasteiger partial charge in [0.15, 0.2) is 0 Å². The van der Waals surface area contributed by atoms with Gasteiger partial charge in [0.25, 0.3) is 11.8 Å². The van der Waals surface area contributed by atoms with Crippen molar-refractivity contribution in [3.8, 4) is 0 Å². The average molecular weight is 662 g/mol. The number of para-hydroxylation sites is 2. The number of carbonyl (C=O) groups is 3. The summed E-state index contributed by atoms with van der Waals surface area (Å²) in [4.78, 5) is 45.0. The van der Waals surface area contributed by atoms with E-state index in [0.29, 0.717) is 21.8 Å². The summed E-state index contributed by atoms with van der Waals surface area (Å²) in [5, 5.41) is 5.65. The second-order valence-corrected chi connectivity index (χ2v) is 13.3. The minimum atomic E-state index is -0.506. The van der Waals surface area contributed by atoms with Gasteiger partial charge in [0.1, 0.15) is 5.70 Å². The zero-order chi connectivity index (χ0) is 32.0. The molecule has 6 rings (SSSR count). The maximum absolute atomic E-state index is 13.9. The first kappa shape index (κ1) is 31.2. The fourth-order valence-corrected chi connectivity index (χ4v) is 7.04. The number of fused-ring (bicyclic) bond motifs is 2. The lowest BCUT2D eigenvalue weighted by atomic mass is 10.1. The van der Waals surface area contributed by atoms with Gasteiger partial charge in [-0.25, -0.2) is 0 Å². The number of nitrogens with zero attached hydrogens (tertiary/aromatic N) is 1. The van der Waals surface area contributed by atoms with Crippen LogP contribution in [0.3, 0.4) is 0 Å². The lowest BCUT2D eigenvalue weighted by Gasteiger charge is -2.32. The molecule has 0 spiro atoms. The lowest BCUT2D eigenvalue weighted by molar-refractivity contribution is -0.117. The predicted molar refractivity (Wildman–Crippen MR) is 188 cm³/mol. The van der Waals surface area contributed by atoms with Crippen LogP contribution in [0.4, 0.5) is 17.1 Å². The number of benzene rings is 5. The van der Waals surface area contributed by atoms with Crippen LogP contribution in [0, 0.1) is 0 Å². The Morgan fingerprint density at radius 3 is 2.00 bits per heavy atom. The van der Waals surface area contributed by atoms with Crippen LogP contribution in [0.15, 0.2) is 148 Å². The zero-order valence-corrected chi connectivity index (χ0v) is 27.0. The van der Waals surface area contributed by atoms with Crippen molar-refractivity contribution in [3.63, 3.8) is 0 Å². The van der Waals surface area contributed by atoms with Crippen molar-refractivity contribution >= 4 is 76.0 Å². The van der Waals surface area contributed by atoms with E-state index in [1.54, 1.807) is 78.5 Å². The summed E-state index contributed by atoms with van der Waals surface area (Å²) < 4.78 is 0. The molecular weight excluding hydrogens is 634 g/mol. The van der Waals surface area contributed by atoms with Crippen LogP contribution < -0.4 is 15.5 Å². The quantitative estimate of drug-likeness (QED) is 0.128. The Hall–Kier alpha value is -4.76. The summed E-state index contributed by atoms with van der Waals surface area (Å²) in [5.41, 5.74) is 3.33. The molecule has 2 N–H and O–H groups in total. The third-order valence-electron chi connectivity index (χ3n) is 7.16. The van der Waals surface area contributed by atoms with Gasteiger partial charge < -0.3 is 10.6 Å². The topological polar surface area (TPSA) is 78.5 Å². The van der Waals surface area contributed by atoms with Gasteiger partial charge >= 0.3 is 0 Å². The van der Waals surface area contributed by atoms with Crippen molar-refractivity contribution in [1.82, 2.24) is 5.32 Å². The molecule has 0 aromatic heterocycles. The van der Waals surface area contributed by atoms with Gasteiger partial charge in [0, 0.05) is 31.0 Å². The second kappa shape index (κ2) is 14.1. The van der Waals surface area contributed by atoms with E-state index in [4.69, 9.17) is 11.6 Å². The number of anilines is 3. The number of rotatable bonds is 8. The second-order valence-electron chi connectivity index (χ2n) is 10.3. The summed E-state index contributed by atoms with van der Waals surface area (Å²) >= 11 is 9.45. The molecule has 5 aromatic carbocycles. The SMILES string of the molecule is CC(Sc1ccc(NC(=O)/C(=C/c2ccccc2Cl)NC(=O)c2ccccc2)cc1)C(=O)N1c2ccccc2Sc2ccccc21. The summed E-state index contributed by atoms with van der Waals surface area (Å²) in [6, 6.07) is 38.8. The largest absolute Gasteiger partial charge is 0.321 e. The summed E-state index contributed by atoms with van der Waals surface area (Å²) in [5.74, 6) is -0.948. The van der Waals surface area contributed by atoms with Gasteiger partial charge in [0.05, 0.1) is 16.6 Å². The van der Waals surface area contributed by atoms with Crippen molar-refractivity contribution in [2.24, 2.45) is 0 Å². The number of nitrogens with one attached hydrogen (secondary N) is 2. The minimum absolute atomic E-state index is 0.0221. The molecule has 3 amide bonds. The smallest absolute Gasteiger partial charge is 0.272 e. The van der Waals surface area contributed by atoms with E-state index >= 15 is 0 Å². The summed E-state index contributed by atoms with van der Waals surface area (Å²) in [6.07, 6.45) is 1.55. The van der Waals surface area contributed by atoms with E-state index in [0.717, 1.165) is 26.1 Å². The van der Waals surface area contributed by atoms with Crippen LogP contribution in [0.1, 0.15) is 22.8 Å². The van der Waals surface area contributed by atoms with Crippen LogP contribution in [0.5, 0.6) is 0 Å². The van der Waals surface area contributed by atoms with Crippen molar-refractivity contribution in [3.05, 3.63) is 149 Å². The van der Waals surface area contributed by atoms with Crippen LogP contribution in [-0.4, -0.2) is 23.0 Å². The molecule has 228 valence electrons. The molecule has 46 heavy (non-hydrogen) atoms. The van der Waals surface area contributed by atoms with E-state index in [-0.39, 0.29) is 16.9 Å². The van der Waals surface area contributed by atoms with Gasteiger partial charge in [0.2, 0.25) is 5.91 Å². The van der Waals surface area contributed by atoms with E-state index in [1.165, 1.54) is 11.8 Å². The van der Waals surface area contributed by atoms with Crippen LogP contribution in [0.2, 0.25) is 5.02 Å². The first-order valence-corrected chi connectivity index (χ1v) is 16.6. The Labute approximate surface area is 280 Å². The Morgan fingerprint density at radius 2 is 1.35 bits per heavy atom. The number of amides is 3. The summed E-state index contributed by atoms with van der Waals surface area (Å²) in [6.45, 7) is 1.90. The van der Waals surface area contributed by atoms with Gasteiger partial charge in [-0.05, 0) is 85.3 Å². The fourth-order valence-electron chi connectivity index (χ4n) is 4.88. The minimum Gasteiger partial charge on any atom is -0.321 e. The van der Waals surface area contributed by atoms with Crippen LogP contribution >= 0.6 is 35.1 Å². The molecule has 1 aliphatic heterocycles. The Kier molecular flexibility index (Phi) is 9.59.